The van der Waals surface area contributed by atoms with Crippen molar-refractivity contribution in [2.75, 3.05) is 5.32 Å². The first kappa shape index (κ1) is 20.5. The van der Waals surface area contributed by atoms with E-state index in [0.29, 0.717) is 45.2 Å². The Kier molecular flexibility index (Phi) is 5.79. The molecule has 7 nitrogen and oxygen atoms in total. The van der Waals surface area contributed by atoms with Gasteiger partial charge in [0.1, 0.15) is 5.52 Å². The Bertz CT molecular complexity index is 1410. The molecular weight excluding hydrogens is 448 g/mol. The molecule has 0 spiro atoms. The molecule has 0 atom stereocenters. The number of benzene rings is 3. The minimum Gasteiger partial charge on any atom is -0.431 e. The third kappa shape index (κ3) is 4.61. The van der Waals surface area contributed by atoms with Gasteiger partial charge in [-0.25, -0.2) is 4.98 Å². The second kappa shape index (κ2) is 9.02. The number of fused-ring (bicyclic) bond motifs is 2. The maximum Gasteiger partial charge on any atom is 0.257 e. The van der Waals surface area contributed by atoms with Gasteiger partial charge in [-0.05, 0) is 29.7 Å². The normalized spacial score (nSPS) is 11.3. The number of hydrogen-bond acceptors (Lipinski definition) is 7. The van der Waals surface area contributed by atoms with Crippen LogP contribution in [0.1, 0.15) is 18.1 Å². The number of halogens is 1. The number of oxazole rings is 1. The molecule has 5 aromatic rings. The summed E-state index contributed by atoms with van der Waals surface area (Å²) in [6, 6.07) is 19.0. The van der Waals surface area contributed by atoms with E-state index in [9.17, 15) is 4.79 Å². The molecule has 9 heteroatoms. The van der Waals surface area contributed by atoms with Crippen LogP contribution in [0.4, 0.5) is 5.69 Å². The van der Waals surface area contributed by atoms with Crippen molar-refractivity contribution in [3.05, 3.63) is 77.4 Å². The van der Waals surface area contributed by atoms with Crippen molar-refractivity contribution < 1.29 is 13.7 Å². The van der Waals surface area contributed by atoms with Crippen LogP contribution >= 0.6 is 23.4 Å². The number of hydrogen-bond donors (Lipinski definition) is 1. The highest BCUT2D eigenvalue weighted by molar-refractivity contribution is 7.98. The molecule has 0 saturated carbocycles. The number of amides is 1. The molecule has 32 heavy (non-hydrogen) atoms. The number of aromatic nitrogens is 3. The summed E-state index contributed by atoms with van der Waals surface area (Å²) in [5.41, 5.74) is 2.16. The van der Waals surface area contributed by atoms with Gasteiger partial charge in [0.2, 0.25) is 11.8 Å². The fourth-order valence-corrected chi connectivity index (χ4v) is 4.13. The number of rotatable bonds is 7. The lowest BCUT2D eigenvalue weighted by molar-refractivity contribution is -0.116. The molecule has 0 saturated heterocycles. The summed E-state index contributed by atoms with van der Waals surface area (Å²) in [4.78, 5) is 21.2. The van der Waals surface area contributed by atoms with Crippen LogP contribution in [0.2, 0.25) is 5.02 Å². The molecule has 0 bridgehead atoms. The predicted molar refractivity (Wildman–Crippen MR) is 124 cm³/mol. The average molecular weight is 465 g/mol. The fourth-order valence-electron chi connectivity index (χ4n) is 3.29. The summed E-state index contributed by atoms with van der Waals surface area (Å²) < 4.78 is 10.9. The zero-order chi connectivity index (χ0) is 21.9. The molecule has 3 aromatic carbocycles. The van der Waals surface area contributed by atoms with Gasteiger partial charge in [0.05, 0.1) is 5.75 Å². The van der Waals surface area contributed by atoms with Crippen LogP contribution in [0.25, 0.3) is 21.9 Å². The van der Waals surface area contributed by atoms with E-state index in [1.54, 1.807) is 18.2 Å². The molecule has 0 aliphatic rings. The first-order valence-electron chi connectivity index (χ1n) is 9.92. The molecule has 0 unspecified atom stereocenters. The smallest absolute Gasteiger partial charge is 0.257 e. The van der Waals surface area contributed by atoms with Crippen molar-refractivity contribution in [3.63, 3.8) is 0 Å². The standard InChI is InChI=1S/C23H17ClN4O3S/c24-15-8-9-19-18(12-15)26-23(30-19)32-13-20-27-22(31-28-20)11-10-21(29)25-17-7-3-5-14-4-1-2-6-16(14)17/h1-9,12H,10-11,13H2,(H,25,29). The van der Waals surface area contributed by atoms with Gasteiger partial charge in [0, 0.05) is 28.9 Å². The predicted octanol–water partition coefficient (Wildman–Crippen LogP) is 5.88. The minimum atomic E-state index is -0.111. The second-order valence-corrected chi connectivity index (χ2v) is 8.42. The quantitative estimate of drug-likeness (QED) is 0.300. The van der Waals surface area contributed by atoms with Crippen LogP contribution in [-0.4, -0.2) is 21.0 Å². The Morgan fingerprint density at radius 2 is 1.94 bits per heavy atom. The van der Waals surface area contributed by atoms with Crippen LogP contribution in [-0.2, 0) is 17.0 Å². The van der Waals surface area contributed by atoms with Gasteiger partial charge in [-0.1, -0.05) is 64.9 Å². The molecule has 1 amide bonds. The van der Waals surface area contributed by atoms with E-state index in [-0.39, 0.29) is 12.3 Å². The highest BCUT2D eigenvalue weighted by Crippen LogP contribution is 2.27. The van der Waals surface area contributed by atoms with Crippen molar-refractivity contribution in [1.82, 2.24) is 15.1 Å². The monoisotopic (exact) mass is 464 g/mol. The van der Waals surface area contributed by atoms with E-state index in [1.165, 1.54) is 11.8 Å². The van der Waals surface area contributed by atoms with Gasteiger partial charge >= 0.3 is 0 Å². The summed E-state index contributed by atoms with van der Waals surface area (Å²) in [6.45, 7) is 0. The molecule has 2 aromatic heterocycles. The lowest BCUT2D eigenvalue weighted by Gasteiger charge is -2.08. The topological polar surface area (TPSA) is 94.0 Å². The van der Waals surface area contributed by atoms with Crippen LogP contribution < -0.4 is 5.32 Å². The molecule has 0 aliphatic carbocycles. The first-order chi connectivity index (χ1) is 15.6. The molecule has 5 rings (SSSR count). The zero-order valence-corrected chi connectivity index (χ0v) is 18.3. The maximum absolute atomic E-state index is 12.4. The Balaban J connectivity index is 1.15. The highest BCUT2D eigenvalue weighted by atomic mass is 35.5. The average Bonchev–Trinajstić information content (AvgIpc) is 3.42. The lowest BCUT2D eigenvalue weighted by atomic mass is 10.1. The largest absolute Gasteiger partial charge is 0.431 e. The molecule has 0 fully saturated rings. The van der Waals surface area contributed by atoms with Gasteiger partial charge in [-0.2, -0.15) is 4.98 Å². The van der Waals surface area contributed by atoms with Crippen molar-refractivity contribution >= 4 is 56.8 Å². The third-order valence-corrected chi connectivity index (χ3v) is 5.85. The number of nitrogens with one attached hydrogen (secondary N) is 1. The van der Waals surface area contributed by atoms with Crippen LogP contribution in [0.15, 0.2) is 74.8 Å². The van der Waals surface area contributed by atoms with Crippen LogP contribution in [0.3, 0.4) is 0 Å². The molecule has 0 aliphatic heterocycles. The van der Waals surface area contributed by atoms with Gasteiger partial charge in [-0.15, -0.1) is 0 Å². The fraction of sp³-hybridized carbons (Fsp3) is 0.130. The van der Waals surface area contributed by atoms with Gasteiger partial charge in [0.15, 0.2) is 11.4 Å². The maximum atomic E-state index is 12.4. The number of anilines is 1. The zero-order valence-electron chi connectivity index (χ0n) is 16.7. The molecule has 2 heterocycles. The summed E-state index contributed by atoms with van der Waals surface area (Å²) in [5, 5.41) is 10.1. The van der Waals surface area contributed by atoms with Crippen molar-refractivity contribution in [3.8, 4) is 0 Å². The minimum absolute atomic E-state index is 0.111. The first-order valence-corrected chi connectivity index (χ1v) is 11.3. The van der Waals surface area contributed by atoms with E-state index in [1.807, 2.05) is 42.5 Å². The summed E-state index contributed by atoms with van der Waals surface area (Å²) in [7, 11) is 0. The van der Waals surface area contributed by atoms with Crippen molar-refractivity contribution in [1.29, 1.82) is 0 Å². The van der Waals surface area contributed by atoms with Crippen LogP contribution in [0.5, 0.6) is 0 Å². The second-order valence-electron chi connectivity index (χ2n) is 7.06. The number of carbonyl (C=O) groups excluding carboxylic acids is 1. The Morgan fingerprint density at radius 3 is 2.88 bits per heavy atom. The van der Waals surface area contributed by atoms with Gasteiger partial charge in [0.25, 0.3) is 5.22 Å². The summed E-state index contributed by atoms with van der Waals surface area (Å²) in [6.07, 6.45) is 0.597. The van der Waals surface area contributed by atoms with Gasteiger partial charge in [-0.3, -0.25) is 4.79 Å². The highest BCUT2D eigenvalue weighted by Gasteiger charge is 2.13. The third-order valence-electron chi connectivity index (χ3n) is 4.79. The summed E-state index contributed by atoms with van der Waals surface area (Å²) in [5.74, 6) is 1.25. The van der Waals surface area contributed by atoms with E-state index in [2.05, 4.69) is 20.4 Å². The molecular formula is C23H17ClN4O3S. The molecule has 0 radical (unpaired) electrons. The van der Waals surface area contributed by atoms with Crippen LogP contribution in [0, 0.1) is 0 Å². The van der Waals surface area contributed by atoms with Crippen molar-refractivity contribution in [2.45, 2.75) is 23.8 Å². The molecule has 160 valence electrons. The van der Waals surface area contributed by atoms with E-state index >= 15 is 0 Å². The molecule has 1 N–H and O–H groups in total. The van der Waals surface area contributed by atoms with E-state index in [4.69, 9.17) is 20.5 Å². The van der Waals surface area contributed by atoms with E-state index < -0.39 is 0 Å². The number of aryl methyl sites for hydroxylation is 1. The summed E-state index contributed by atoms with van der Waals surface area (Å²) >= 11 is 7.34. The van der Waals surface area contributed by atoms with Gasteiger partial charge < -0.3 is 14.3 Å². The lowest BCUT2D eigenvalue weighted by Crippen LogP contribution is -2.12. The SMILES string of the molecule is O=C(CCc1nc(CSc2nc3cc(Cl)ccc3o2)no1)Nc1cccc2ccccc12. The van der Waals surface area contributed by atoms with Crippen molar-refractivity contribution in [2.24, 2.45) is 0 Å². The Hall–Kier alpha value is -3.36. The number of nitrogens with zero attached hydrogens (tertiary/aromatic N) is 3. The number of thioether (sulfide) groups is 1. The number of carbonyl (C=O) groups is 1. The van der Waals surface area contributed by atoms with E-state index in [0.717, 1.165) is 16.5 Å². The Morgan fingerprint density at radius 1 is 1.06 bits per heavy atom. The Labute approximate surface area is 192 Å².